The highest BCUT2D eigenvalue weighted by Gasteiger charge is 2.35. The average Bonchev–Trinajstić information content (AvgIpc) is 3.06. The monoisotopic (exact) mass is 256 g/mol. The van der Waals surface area contributed by atoms with Gasteiger partial charge in [-0.05, 0) is 37.9 Å². The Morgan fingerprint density at radius 1 is 1.16 bits per heavy atom. The molecule has 0 aliphatic carbocycles. The zero-order valence-corrected chi connectivity index (χ0v) is 11.1. The van der Waals surface area contributed by atoms with Gasteiger partial charge in [0.05, 0.1) is 0 Å². The summed E-state index contributed by atoms with van der Waals surface area (Å²) in [7, 11) is 0. The number of nitrogens with one attached hydrogen (secondary N) is 1. The van der Waals surface area contributed by atoms with Gasteiger partial charge in [0.25, 0.3) is 0 Å². The first-order chi connectivity index (χ1) is 9.42. The van der Waals surface area contributed by atoms with E-state index >= 15 is 0 Å². The van der Waals surface area contributed by atoms with Crippen LogP contribution in [0.1, 0.15) is 25.7 Å². The molecule has 2 fully saturated rings. The largest absolute Gasteiger partial charge is 0.367 e. The summed E-state index contributed by atoms with van der Waals surface area (Å²) in [6, 6.07) is 7.60. The van der Waals surface area contributed by atoms with Gasteiger partial charge in [0.15, 0.2) is 0 Å². The van der Waals surface area contributed by atoms with E-state index in [1.54, 1.807) is 0 Å². The molecule has 1 N–H and O–H groups in total. The van der Waals surface area contributed by atoms with Crippen molar-refractivity contribution in [3.63, 3.8) is 0 Å². The molecule has 2 saturated heterocycles. The lowest BCUT2D eigenvalue weighted by atomic mass is 9.99. The second-order valence-corrected chi connectivity index (χ2v) is 5.71. The summed E-state index contributed by atoms with van der Waals surface area (Å²) in [4.78, 5) is 7.01. The molecular formula is C15H20N4. The predicted octanol–water partition coefficient (Wildman–Crippen LogP) is 2.37. The van der Waals surface area contributed by atoms with Gasteiger partial charge in [-0.25, -0.2) is 4.98 Å². The van der Waals surface area contributed by atoms with Crippen LogP contribution in [0.4, 0.5) is 5.82 Å². The molecule has 4 heterocycles. The maximum absolute atomic E-state index is 4.35. The molecule has 0 aromatic carbocycles. The van der Waals surface area contributed by atoms with Crippen molar-refractivity contribution in [1.29, 1.82) is 0 Å². The summed E-state index contributed by atoms with van der Waals surface area (Å²) in [6.07, 6.45) is 9.26. The second-order valence-electron chi connectivity index (χ2n) is 5.71. The number of nitrogens with zero attached hydrogens (tertiary/aromatic N) is 3. The summed E-state index contributed by atoms with van der Waals surface area (Å²) >= 11 is 0. The van der Waals surface area contributed by atoms with E-state index in [9.17, 15) is 0 Å². The van der Waals surface area contributed by atoms with Crippen molar-refractivity contribution < 1.29 is 0 Å². The molecule has 2 aliphatic rings. The van der Waals surface area contributed by atoms with Gasteiger partial charge in [0.2, 0.25) is 0 Å². The Labute approximate surface area is 113 Å². The first-order valence-corrected chi connectivity index (χ1v) is 7.34. The summed E-state index contributed by atoms with van der Waals surface area (Å²) in [5.74, 6) is 1.17. The standard InChI is InChI=1S/C15H20N4/c1-2-9-18-10-7-12(13(18)4-1)17-15-6-3-5-14-16-8-11-19(14)15/h3,5-6,8,11-13,17H,1-2,4,7,9-10H2. The molecule has 4 heteroatoms. The van der Waals surface area contributed by atoms with Crippen molar-refractivity contribution in [3.05, 3.63) is 30.6 Å². The fourth-order valence-electron chi connectivity index (χ4n) is 3.67. The number of pyridine rings is 1. The molecule has 0 radical (unpaired) electrons. The lowest BCUT2D eigenvalue weighted by molar-refractivity contribution is 0.192. The molecule has 2 aromatic heterocycles. The van der Waals surface area contributed by atoms with E-state index in [2.05, 4.69) is 31.7 Å². The zero-order chi connectivity index (χ0) is 12.7. The number of hydrogen-bond donors (Lipinski definition) is 1. The van der Waals surface area contributed by atoms with Crippen LogP contribution in [0, 0.1) is 0 Å². The van der Waals surface area contributed by atoms with Crippen LogP contribution in [0.2, 0.25) is 0 Å². The third kappa shape index (κ3) is 1.91. The van der Waals surface area contributed by atoms with Gasteiger partial charge in [-0.15, -0.1) is 0 Å². The van der Waals surface area contributed by atoms with Gasteiger partial charge in [-0.2, -0.15) is 0 Å². The summed E-state index contributed by atoms with van der Waals surface area (Å²) in [5.41, 5.74) is 1.02. The van der Waals surface area contributed by atoms with Gasteiger partial charge >= 0.3 is 0 Å². The molecular weight excluding hydrogens is 236 g/mol. The van der Waals surface area contributed by atoms with Crippen LogP contribution in [0.3, 0.4) is 0 Å². The number of anilines is 1. The number of fused-ring (bicyclic) bond motifs is 2. The Morgan fingerprint density at radius 3 is 3.16 bits per heavy atom. The Balaban J connectivity index is 1.59. The normalized spacial score (nSPS) is 27.6. The van der Waals surface area contributed by atoms with Crippen molar-refractivity contribution in [3.8, 4) is 0 Å². The number of aromatic nitrogens is 2. The average molecular weight is 256 g/mol. The molecule has 2 atom stereocenters. The van der Waals surface area contributed by atoms with Gasteiger partial charge < -0.3 is 5.32 Å². The van der Waals surface area contributed by atoms with Crippen LogP contribution < -0.4 is 5.32 Å². The number of imidazole rings is 1. The van der Waals surface area contributed by atoms with Crippen LogP contribution in [-0.2, 0) is 0 Å². The SMILES string of the molecule is c1cc(NC2CCN3CCCCC23)n2ccnc2c1. The first-order valence-electron chi connectivity index (χ1n) is 7.34. The zero-order valence-electron chi connectivity index (χ0n) is 11.1. The quantitative estimate of drug-likeness (QED) is 0.895. The highest BCUT2D eigenvalue weighted by atomic mass is 15.2. The number of hydrogen-bond acceptors (Lipinski definition) is 3. The maximum atomic E-state index is 4.35. The minimum Gasteiger partial charge on any atom is -0.367 e. The Kier molecular flexibility index (Phi) is 2.69. The van der Waals surface area contributed by atoms with Crippen molar-refractivity contribution in [2.75, 3.05) is 18.4 Å². The molecule has 4 rings (SSSR count). The fourth-order valence-corrected chi connectivity index (χ4v) is 3.67. The van der Waals surface area contributed by atoms with E-state index in [4.69, 9.17) is 0 Å². The molecule has 0 spiro atoms. The minimum atomic E-state index is 0.591. The van der Waals surface area contributed by atoms with Crippen LogP contribution in [-0.4, -0.2) is 39.5 Å². The third-order valence-electron chi connectivity index (χ3n) is 4.62. The van der Waals surface area contributed by atoms with Crippen LogP contribution in [0.15, 0.2) is 30.6 Å². The smallest absolute Gasteiger partial charge is 0.138 e. The minimum absolute atomic E-state index is 0.591. The van der Waals surface area contributed by atoms with E-state index in [1.807, 2.05) is 18.5 Å². The molecule has 19 heavy (non-hydrogen) atoms. The number of rotatable bonds is 2. The summed E-state index contributed by atoms with van der Waals surface area (Å²) in [6.45, 7) is 2.54. The maximum Gasteiger partial charge on any atom is 0.138 e. The fraction of sp³-hybridized carbons (Fsp3) is 0.533. The lowest BCUT2D eigenvalue weighted by Crippen LogP contribution is -2.41. The van der Waals surface area contributed by atoms with Gasteiger partial charge in [-0.3, -0.25) is 9.30 Å². The summed E-state index contributed by atoms with van der Waals surface area (Å²) in [5, 5.41) is 3.75. The first kappa shape index (κ1) is 11.3. The highest BCUT2D eigenvalue weighted by molar-refractivity contribution is 5.50. The molecule has 100 valence electrons. The molecule has 0 bridgehead atoms. The van der Waals surface area contributed by atoms with E-state index in [0.29, 0.717) is 6.04 Å². The Hall–Kier alpha value is -1.55. The number of piperidine rings is 1. The highest BCUT2D eigenvalue weighted by Crippen LogP contribution is 2.29. The third-order valence-corrected chi connectivity index (χ3v) is 4.62. The molecule has 2 unspecified atom stereocenters. The van der Waals surface area contributed by atoms with Gasteiger partial charge in [0, 0.05) is 31.0 Å². The van der Waals surface area contributed by atoms with Crippen LogP contribution >= 0.6 is 0 Å². The van der Waals surface area contributed by atoms with E-state index in [1.165, 1.54) is 44.6 Å². The molecule has 0 amide bonds. The predicted molar refractivity (Wildman–Crippen MR) is 76.4 cm³/mol. The molecule has 2 aromatic rings. The topological polar surface area (TPSA) is 32.6 Å². The second kappa shape index (κ2) is 4.53. The van der Waals surface area contributed by atoms with E-state index in [-0.39, 0.29) is 0 Å². The molecule has 2 aliphatic heterocycles. The van der Waals surface area contributed by atoms with Crippen LogP contribution in [0.25, 0.3) is 5.65 Å². The van der Waals surface area contributed by atoms with E-state index in [0.717, 1.165) is 11.7 Å². The Bertz CT molecular complexity index is 576. The van der Waals surface area contributed by atoms with E-state index < -0.39 is 0 Å². The molecule has 0 saturated carbocycles. The van der Waals surface area contributed by atoms with Crippen LogP contribution in [0.5, 0.6) is 0 Å². The molecule has 4 nitrogen and oxygen atoms in total. The Morgan fingerprint density at radius 2 is 2.16 bits per heavy atom. The summed E-state index contributed by atoms with van der Waals surface area (Å²) < 4.78 is 2.14. The lowest BCUT2D eigenvalue weighted by Gasteiger charge is -2.33. The van der Waals surface area contributed by atoms with Gasteiger partial charge in [-0.1, -0.05) is 12.5 Å². The van der Waals surface area contributed by atoms with Crippen molar-refractivity contribution in [2.45, 2.75) is 37.8 Å². The van der Waals surface area contributed by atoms with Crippen molar-refractivity contribution >= 4 is 11.5 Å². The van der Waals surface area contributed by atoms with Crippen molar-refractivity contribution in [2.24, 2.45) is 0 Å². The van der Waals surface area contributed by atoms with Crippen molar-refractivity contribution in [1.82, 2.24) is 14.3 Å². The van der Waals surface area contributed by atoms with Gasteiger partial charge in [0.1, 0.15) is 11.5 Å².